The van der Waals surface area contributed by atoms with Crippen molar-refractivity contribution in [2.45, 2.75) is 65.5 Å². The predicted octanol–water partition coefficient (Wildman–Crippen LogP) is 4.52. The van der Waals surface area contributed by atoms with Crippen LogP contribution in [0.2, 0.25) is 65.5 Å². The highest BCUT2D eigenvalue weighted by Crippen LogP contribution is 2.33. The molecule has 1 heterocycles. The van der Waals surface area contributed by atoms with Gasteiger partial charge in [-0.05, 0) is 65.5 Å². The second kappa shape index (κ2) is 7.23. The fourth-order valence-corrected chi connectivity index (χ4v) is 36.5. The van der Waals surface area contributed by atoms with Gasteiger partial charge in [0, 0.05) is 0 Å². The lowest BCUT2D eigenvalue weighted by atomic mass is 11.9. The Kier molecular flexibility index (Phi) is 7.13. The highest BCUT2D eigenvalue weighted by molar-refractivity contribution is 7.41. The minimum atomic E-state index is -3.44. The van der Waals surface area contributed by atoms with Gasteiger partial charge in [0.1, 0.15) is 0 Å². The predicted molar refractivity (Wildman–Crippen MR) is 111 cm³/mol. The van der Waals surface area contributed by atoms with E-state index < -0.39 is 50.0 Å². The Morgan fingerprint density at radius 2 is 0.542 bits per heavy atom. The van der Waals surface area contributed by atoms with Crippen molar-refractivity contribution >= 4 is 72.1 Å². The van der Waals surface area contributed by atoms with Crippen molar-refractivity contribution < 1.29 is 24.7 Å². The molecule has 0 unspecified atom stereocenters. The molecule has 24 heavy (non-hydrogen) atoms. The maximum atomic E-state index is 6.41. The van der Waals surface area contributed by atoms with Crippen LogP contribution in [-0.2, 0) is 24.7 Å². The molecule has 144 valence electrons. The van der Waals surface area contributed by atoms with E-state index in [0.717, 1.165) is 0 Å². The Morgan fingerprint density at radius 1 is 0.375 bits per heavy atom. The fraction of sp³-hybridized carbons (Fsp3) is 1.00. The van der Waals surface area contributed by atoms with Gasteiger partial charge >= 0.3 is 50.0 Å². The van der Waals surface area contributed by atoms with Crippen LogP contribution in [0.5, 0.6) is 0 Å². The third-order valence-corrected chi connectivity index (χ3v) is 27.0. The molecule has 1 fully saturated rings. The molecule has 6 nitrogen and oxygen atoms in total. The van der Waals surface area contributed by atoms with Crippen molar-refractivity contribution in [2.75, 3.05) is 0 Å². The van der Waals surface area contributed by atoms with E-state index in [9.17, 15) is 0 Å². The number of halogens is 2. The molecule has 0 atom stereocenters. The monoisotopic (exact) mass is 484 g/mol. The molecule has 0 amide bonds. The average molecular weight is 486 g/mol. The van der Waals surface area contributed by atoms with Crippen LogP contribution in [0.3, 0.4) is 0 Å². The Balaban J connectivity index is 3.24. The molecule has 0 aromatic rings. The third-order valence-electron chi connectivity index (χ3n) is 2.70. The number of hydrogen-bond donors (Lipinski definition) is 0. The lowest BCUT2D eigenvalue weighted by Gasteiger charge is -2.44. The fourth-order valence-electron chi connectivity index (χ4n) is 3.06. The highest BCUT2D eigenvalue weighted by Gasteiger charge is 2.53. The van der Waals surface area contributed by atoms with E-state index in [-0.39, 0.29) is 0 Å². The molecule has 0 aromatic carbocycles. The standard InChI is InChI=1S/C10H30Cl2O6Si6/c1-19(2)13-20(3,4)15-22(7,8)17-24(11,12)18-23(9,10)16-21(5,6)14-19/h1-10H3. The van der Waals surface area contributed by atoms with Crippen molar-refractivity contribution in [1.29, 1.82) is 0 Å². The topological polar surface area (TPSA) is 55.4 Å². The van der Waals surface area contributed by atoms with Crippen LogP contribution in [0.4, 0.5) is 0 Å². The summed E-state index contributed by atoms with van der Waals surface area (Å²) in [5, 5.41) is 0. The summed E-state index contributed by atoms with van der Waals surface area (Å²) in [5.41, 5.74) is 0. The minimum Gasteiger partial charge on any atom is -0.416 e. The number of rotatable bonds is 0. The summed E-state index contributed by atoms with van der Waals surface area (Å²) >= 11 is 12.8. The average Bonchev–Trinajstić information content (AvgIpc) is 1.98. The van der Waals surface area contributed by atoms with Gasteiger partial charge in [-0.2, -0.15) is 0 Å². The lowest BCUT2D eigenvalue weighted by molar-refractivity contribution is 0.249. The van der Waals surface area contributed by atoms with Gasteiger partial charge in [-0.25, -0.2) is 0 Å². The smallest absolute Gasteiger partial charge is 0.416 e. The zero-order valence-electron chi connectivity index (χ0n) is 16.2. The summed E-state index contributed by atoms with van der Waals surface area (Å²) in [6.07, 6.45) is 0. The van der Waals surface area contributed by atoms with Crippen LogP contribution in [0.1, 0.15) is 0 Å². The second-order valence-electron chi connectivity index (χ2n) is 8.07. The van der Waals surface area contributed by atoms with Gasteiger partial charge in [0.2, 0.25) is 0 Å². The first kappa shape index (κ1) is 23.7. The summed E-state index contributed by atoms with van der Waals surface area (Å²) in [7, 11) is -16.2. The molecule has 0 N–H and O–H groups in total. The highest BCUT2D eigenvalue weighted by atomic mass is 35.7. The summed E-state index contributed by atoms with van der Waals surface area (Å²) in [5.74, 6) is 0. The minimum absolute atomic E-state index is 1.90. The largest absolute Gasteiger partial charge is 0.533 e. The number of hydrogen-bond acceptors (Lipinski definition) is 6. The van der Waals surface area contributed by atoms with E-state index in [0.29, 0.717) is 0 Å². The van der Waals surface area contributed by atoms with E-state index in [1.165, 1.54) is 0 Å². The molecular formula is C10H30Cl2O6Si6. The molecule has 0 saturated carbocycles. The second-order valence-corrected chi connectivity index (χ2v) is 31.5. The van der Waals surface area contributed by atoms with Crippen molar-refractivity contribution in [3.8, 4) is 0 Å². The molecule has 0 aliphatic carbocycles. The van der Waals surface area contributed by atoms with Crippen LogP contribution in [0, 0.1) is 0 Å². The Morgan fingerprint density at radius 3 is 0.750 bits per heavy atom. The molecule has 0 bridgehead atoms. The molecule has 1 aliphatic heterocycles. The van der Waals surface area contributed by atoms with Crippen LogP contribution in [0.15, 0.2) is 0 Å². The summed E-state index contributed by atoms with van der Waals surface area (Å²) in [6, 6.07) is 0. The Labute approximate surface area is 161 Å². The van der Waals surface area contributed by atoms with Gasteiger partial charge in [0.15, 0.2) is 0 Å². The first-order valence-electron chi connectivity index (χ1n) is 7.83. The summed E-state index contributed by atoms with van der Waals surface area (Å²) in [6.45, 7) is 19.6. The van der Waals surface area contributed by atoms with Crippen LogP contribution < -0.4 is 0 Å². The van der Waals surface area contributed by atoms with Gasteiger partial charge in [0.25, 0.3) is 0 Å². The normalized spacial score (nSPS) is 31.5. The Bertz CT molecular complexity index is 340. The zero-order chi connectivity index (χ0) is 19.2. The van der Waals surface area contributed by atoms with Gasteiger partial charge in [0.05, 0.1) is 0 Å². The third kappa shape index (κ3) is 8.55. The quantitative estimate of drug-likeness (QED) is 0.371. The van der Waals surface area contributed by atoms with Gasteiger partial charge < -0.3 is 24.7 Å². The molecule has 1 saturated heterocycles. The van der Waals surface area contributed by atoms with E-state index in [1.807, 2.05) is 65.5 Å². The summed E-state index contributed by atoms with van der Waals surface area (Å²) < 4.78 is 37.2. The molecule has 0 aromatic heterocycles. The van der Waals surface area contributed by atoms with Crippen LogP contribution in [0.25, 0.3) is 0 Å². The van der Waals surface area contributed by atoms with E-state index in [1.54, 1.807) is 0 Å². The molecule has 0 radical (unpaired) electrons. The van der Waals surface area contributed by atoms with Crippen molar-refractivity contribution in [3.63, 3.8) is 0 Å². The summed E-state index contributed by atoms with van der Waals surface area (Å²) in [4.78, 5) is 0. The maximum absolute atomic E-state index is 6.41. The van der Waals surface area contributed by atoms with Gasteiger partial charge in [-0.3, -0.25) is 0 Å². The lowest BCUT2D eigenvalue weighted by Crippen LogP contribution is -2.63. The zero-order valence-corrected chi connectivity index (χ0v) is 23.7. The first-order chi connectivity index (χ1) is 10.2. The van der Waals surface area contributed by atoms with Crippen LogP contribution in [-0.4, -0.2) is 50.0 Å². The van der Waals surface area contributed by atoms with E-state index in [4.69, 9.17) is 46.8 Å². The molecule has 1 aliphatic rings. The Hall–Kier alpha value is 1.64. The molecule has 14 heteroatoms. The molecule has 1 rings (SSSR count). The van der Waals surface area contributed by atoms with E-state index >= 15 is 0 Å². The van der Waals surface area contributed by atoms with Crippen molar-refractivity contribution in [2.24, 2.45) is 0 Å². The molecular weight excluding hydrogens is 456 g/mol. The maximum Gasteiger partial charge on any atom is 0.533 e. The van der Waals surface area contributed by atoms with Crippen LogP contribution >= 0.6 is 22.2 Å². The first-order valence-corrected chi connectivity index (χ1v) is 25.8. The van der Waals surface area contributed by atoms with Crippen molar-refractivity contribution in [3.05, 3.63) is 0 Å². The van der Waals surface area contributed by atoms with Crippen molar-refractivity contribution in [1.82, 2.24) is 0 Å². The van der Waals surface area contributed by atoms with Gasteiger partial charge in [-0.15, -0.1) is 0 Å². The molecule has 0 spiro atoms. The van der Waals surface area contributed by atoms with E-state index in [2.05, 4.69) is 0 Å². The van der Waals surface area contributed by atoms with Gasteiger partial charge in [-0.1, -0.05) is 22.2 Å². The SMILES string of the molecule is C[Si]1(C)O[Si](C)(C)O[Si](C)(C)O[Si](Cl)(Cl)O[Si](C)(C)O[Si](C)(C)O1.